The maximum atomic E-state index is 13.9. The molecule has 112 valence electrons. The lowest BCUT2D eigenvalue weighted by atomic mass is 10.1. The highest BCUT2D eigenvalue weighted by Crippen LogP contribution is 2.24. The molecule has 0 radical (unpaired) electrons. The van der Waals surface area contributed by atoms with E-state index in [9.17, 15) is 9.18 Å². The molecule has 1 unspecified atom stereocenters. The summed E-state index contributed by atoms with van der Waals surface area (Å²) in [6, 6.07) is 2.69. The number of alkyl halides is 1. The van der Waals surface area contributed by atoms with Crippen LogP contribution in [0.5, 0.6) is 0 Å². The van der Waals surface area contributed by atoms with Crippen LogP contribution in [0.1, 0.15) is 22.6 Å². The third-order valence-electron chi connectivity index (χ3n) is 3.62. The molecule has 3 rings (SSSR count). The van der Waals surface area contributed by atoms with Crippen LogP contribution in [0.25, 0.3) is 11.0 Å². The van der Waals surface area contributed by atoms with Crippen molar-refractivity contribution in [2.24, 2.45) is 0 Å². The number of carbonyl (C=O) groups is 1. The summed E-state index contributed by atoms with van der Waals surface area (Å²) in [5.74, 6) is -0.533. The van der Waals surface area contributed by atoms with E-state index >= 15 is 0 Å². The number of methoxy groups -OCH3 is 1. The van der Waals surface area contributed by atoms with E-state index in [2.05, 4.69) is 9.72 Å². The summed E-state index contributed by atoms with van der Waals surface area (Å²) < 4.78 is 25.8. The molecule has 1 aromatic carbocycles. The van der Waals surface area contributed by atoms with Crippen molar-refractivity contribution < 1.29 is 18.7 Å². The smallest absolute Gasteiger partial charge is 0.340 e. The predicted molar refractivity (Wildman–Crippen MR) is 74.9 cm³/mol. The van der Waals surface area contributed by atoms with Gasteiger partial charge in [-0.3, -0.25) is 0 Å². The molecule has 0 N–H and O–H groups in total. The van der Waals surface area contributed by atoms with Gasteiger partial charge >= 0.3 is 5.97 Å². The Kier molecular flexibility index (Phi) is 3.82. The normalized spacial score (nSPS) is 17.8. The van der Waals surface area contributed by atoms with Crippen LogP contribution in [0.3, 0.4) is 0 Å². The predicted octanol–water partition coefficient (Wildman–Crippen LogP) is 2.49. The molecule has 5 nitrogen and oxygen atoms in total. The Balaban J connectivity index is 2.11. The number of halogens is 2. The second-order valence-electron chi connectivity index (χ2n) is 4.87. The molecule has 2 heterocycles. The monoisotopic (exact) mass is 312 g/mol. The SMILES string of the molecule is COC(=O)c1cc2c(cc1F)nc(CCl)n2CC1CCO1. The molecule has 2 aromatic rings. The largest absolute Gasteiger partial charge is 0.465 e. The molecule has 0 spiro atoms. The quantitative estimate of drug-likeness (QED) is 0.643. The van der Waals surface area contributed by atoms with Crippen LogP contribution < -0.4 is 0 Å². The van der Waals surface area contributed by atoms with Crippen LogP contribution in [0.15, 0.2) is 12.1 Å². The summed E-state index contributed by atoms with van der Waals surface area (Å²) in [5, 5.41) is 0. The lowest BCUT2D eigenvalue weighted by Crippen LogP contribution is -2.31. The Labute approximate surface area is 125 Å². The molecule has 0 saturated carbocycles. The molecule has 0 aliphatic carbocycles. The Hall–Kier alpha value is -1.66. The number of hydrogen-bond donors (Lipinski definition) is 0. The molecular formula is C14H14ClFN2O3. The number of esters is 1. The minimum Gasteiger partial charge on any atom is -0.465 e. The highest BCUT2D eigenvalue weighted by atomic mass is 35.5. The lowest BCUT2D eigenvalue weighted by Gasteiger charge is -2.27. The highest BCUT2D eigenvalue weighted by molar-refractivity contribution is 6.16. The van der Waals surface area contributed by atoms with Crippen LogP contribution in [-0.2, 0) is 21.9 Å². The van der Waals surface area contributed by atoms with Crippen molar-refractivity contribution in [2.75, 3.05) is 13.7 Å². The minimum absolute atomic E-state index is 0.107. The van der Waals surface area contributed by atoms with E-state index in [0.29, 0.717) is 23.4 Å². The molecule has 1 aliphatic rings. The summed E-state index contributed by atoms with van der Waals surface area (Å²) in [4.78, 5) is 15.9. The van der Waals surface area contributed by atoms with Gasteiger partial charge in [0.05, 0.1) is 42.2 Å². The first kappa shape index (κ1) is 14.3. The molecule has 21 heavy (non-hydrogen) atoms. The van der Waals surface area contributed by atoms with E-state index in [4.69, 9.17) is 16.3 Å². The third kappa shape index (κ3) is 2.49. The Morgan fingerprint density at radius 3 is 2.95 bits per heavy atom. The van der Waals surface area contributed by atoms with E-state index in [-0.39, 0.29) is 17.5 Å². The topological polar surface area (TPSA) is 53.3 Å². The first-order valence-corrected chi connectivity index (χ1v) is 7.12. The molecular weight excluding hydrogens is 299 g/mol. The summed E-state index contributed by atoms with van der Waals surface area (Å²) in [7, 11) is 1.22. The maximum absolute atomic E-state index is 13.9. The standard InChI is InChI=1S/C14H14ClFN2O3/c1-20-14(19)9-4-12-11(5-10(9)16)17-13(6-15)18(12)7-8-2-3-21-8/h4-5,8H,2-3,6-7H2,1H3. The summed E-state index contributed by atoms with van der Waals surface area (Å²) in [5.41, 5.74) is 1.01. The minimum atomic E-state index is -0.713. The summed E-state index contributed by atoms with van der Waals surface area (Å²) >= 11 is 5.91. The summed E-state index contributed by atoms with van der Waals surface area (Å²) in [6.07, 6.45) is 1.07. The third-order valence-corrected chi connectivity index (χ3v) is 3.86. The van der Waals surface area contributed by atoms with Gasteiger partial charge in [0.25, 0.3) is 0 Å². The molecule has 1 atom stereocenters. The number of ether oxygens (including phenoxy) is 2. The van der Waals surface area contributed by atoms with Crippen molar-refractivity contribution in [3.63, 3.8) is 0 Å². The van der Waals surface area contributed by atoms with Gasteiger partial charge in [0.2, 0.25) is 0 Å². The first-order valence-electron chi connectivity index (χ1n) is 6.58. The van der Waals surface area contributed by atoms with Crippen molar-refractivity contribution in [3.8, 4) is 0 Å². The van der Waals surface area contributed by atoms with Crippen LogP contribution in [0, 0.1) is 5.82 Å². The molecule has 7 heteroatoms. The van der Waals surface area contributed by atoms with E-state index in [1.54, 1.807) is 0 Å². The van der Waals surface area contributed by atoms with Crippen molar-refractivity contribution in [1.82, 2.24) is 9.55 Å². The second kappa shape index (κ2) is 5.61. The number of hydrogen-bond acceptors (Lipinski definition) is 4. The van der Waals surface area contributed by atoms with Crippen molar-refractivity contribution >= 4 is 28.6 Å². The number of nitrogens with zero attached hydrogens (tertiary/aromatic N) is 2. The average Bonchev–Trinajstić information content (AvgIpc) is 2.77. The lowest BCUT2D eigenvalue weighted by molar-refractivity contribution is -0.0589. The van der Waals surface area contributed by atoms with E-state index in [1.807, 2.05) is 4.57 Å². The van der Waals surface area contributed by atoms with Gasteiger partial charge in [-0.05, 0) is 12.5 Å². The fourth-order valence-electron chi connectivity index (χ4n) is 2.40. The van der Waals surface area contributed by atoms with E-state index in [0.717, 1.165) is 13.0 Å². The number of carbonyl (C=O) groups excluding carboxylic acids is 1. The molecule has 1 aromatic heterocycles. The zero-order chi connectivity index (χ0) is 15.0. The van der Waals surface area contributed by atoms with Crippen LogP contribution in [0.2, 0.25) is 0 Å². The van der Waals surface area contributed by atoms with Crippen LogP contribution in [0.4, 0.5) is 4.39 Å². The van der Waals surface area contributed by atoms with Crippen LogP contribution >= 0.6 is 11.6 Å². The van der Waals surface area contributed by atoms with Gasteiger partial charge in [0, 0.05) is 12.7 Å². The van der Waals surface area contributed by atoms with Gasteiger partial charge in [-0.15, -0.1) is 11.6 Å². The van der Waals surface area contributed by atoms with Gasteiger partial charge in [-0.2, -0.15) is 0 Å². The molecule has 0 bridgehead atoms. The second-order valence-corrected chi connectivity index (χ2v) is 5.13. The van der Waals surface area contributed by atoms with Gasteiger partial charge in [-0.1, -0.05) is 0 Å². The Morgan fingerprint density at radius 2 is 2.38 bits per heavy atom. The number of aromatic nitrogens is 2. The summed E-state index contributed by atoms with van der Waals surface area (Å²) in [6.45, 7) is 1.33. The first-order chi connectivity index (χ1) is 10.1. The van der Waals surface area contributed by atoms with Gasteiger partial charge < -0.3 is 14.0 Å². The van der Waals surface area contributed by atoms with Crippen molar-refractivity contribution in [1.29, 1.82) is 0 Å². The molecule has 1 aliphatic heterocycles. The maximum Gasteiger partial charge on any atom is 0.340 e. The van der Waals surface area contributed by atoms with Gasteiger partial charge in [0.1, 0.15) is 11.6 Å². The Morgan fingerprint density at radius 1 is 1.62 bits per heavy atom. The number of fused-ring (bicyclic) bond motifs is 1. The molecule has 1 fully saturated rings. The number of rotatable bonds is 4. The number of imidazole rings is 1. The zero-order valence-electron chi connectivity index (χ0n) is 11.4. The highest BCUT2D eigenvalue weighted by Gasteiger charge is 2.23. The average molecular weight is 313 g/mol. The fourth-order valence-corrected chi connectivity index (χ4v) is 2.60. The fraction of sp³-hybridized carbons (Fsp3) is 0.429. The van der Waals surface area contributed by atoms with Gasteiger partial charge in [0.15, 0.2) is 0 Å². The molecule has 1 saturated heterocycles. The zero-order valence-corrected chi connectivity index (χ0v) is 12.2. The van der Waals surface area contributed by atoms with Crippen molar-refractivity contribution in [3.05, 3.63) is 29.3 Å². The van der Waals surface area contributed by atoms with E-state index < -0.39 is 11.8 Å². The van der Waals surface area contributed by atoms with Crippen LogP contribution in [-0.4, -0.2) is 35.3 Å². The molecule has 0 amide bonds. The van der Waals surface area contributed by atoms with E-state index in [1.165, 1.54) is 19.2 Å². The van der Waals surface area contributed by atoms with Gasteiger partial charge in [-0.25, -0.2) is 14.2 Å². The number of benzene rings is 1. The van der Waals surface area contributed by atoms with Crippen molar-refractivity contribution in [2.45, 2.75) is 24.9 Å². The Bertz CT molecular complexity index is 697.